The number of hydrogen-bond acceptors (Lipinski definition) is 5. The Balaban J connectivity index is 1.65. The quantitative estimate of drug-likeness (QED) is 0.483. The average Bonchev–Trinajstić information content (AvgIpc) is 3.15. The van der Waals surface area contributed by atoms with Crippen LogP contribution in [0.2, 0.25) is 0 Å². The Morgan fingerprint density at radius 2 is 1.86 bits per heavy atom. The maximum Gasteiger partial charge on any atom is 0.225 e. The maximum absolute atomic E-state index is 12.2. The van der Waals surface area contributed by atoms with Gasteiger partial charge in [-0.25, -0.2) is 0 Å². The summed E-state index contributed by atoms with van der Waals surface area (Å²) in [5.41, 5.74) is 1.82. The molecule has 152 valence electrons. The lowest BCUT2D eigenvalue weighted by Gasteiger charge is -2.10. The van der Waals surface area contributed by atoms with Crippen molar-refractivity contribution in [2.24, 2.45) is 0 Å². The number of nitrogens with one attached hydrogen (secondary N) is 1. The number of amides is 1. The number of rotatable bonds is 10. The van der Waals surface area contributed by atoms with Crippen molar-refractivity contribution < 1.29 is 9.53 Å². The Kier molecular flexibility index (Phi) is 7.69. The molecule has 0 bridgehead atoms. The number of nitrogens with zero attached hydrogens (tertiary/aromatic N) is 3. The molecule has 0 spiro atoms. The molecule has 0 atom stereocenters. The minimum Gasteiger partial charge on any atom is -0.497 e. The third-order valence-electron chi connectivity index (χ3n) is 4.42. The zero-order chi connectivity index (χ0) is 20.5. The van der Waals surface area contributed by atoms with Gasteiger partial charge in [0.2, 0.25) is 5.91 Å². The van der Waals surface area contributed by atoms with Crippen molar-refractivity contribution in [3.8, 4) is 17.1 Å². The van der Waals surface area contributed by atoms with Gasteiger partial charge in [-0.2, -0.15) is 0 Å². The summed E-state index contributed by atoms with van der Waals surface area (Å²) in [7, 11) is 1.65. The predicted octanol–water partition coefficient (Wildman–Crippen LogP) is 4.87. The highest BCUT2D eigenvalue weighted by Gasteiger charge is 2.15. The summed E-state index contributed by atoms with van der Waals surface area (Å²) in [6, 6.07) is 17.3. The molecule has 3 aromatic rings. The van der Waals surface area contributed by atoms with Crippen LogP contribution < -0.4 is 10.1 Å². The van der Waals surface area contributed by atoms with Gasteiger partial charge in [0.25, 0.3) is 0 Å². The summed E-state index contributed by atoms with van der Waals surface area (Å²) < 4.78 is 7.38. The molecule has 0 fully saturated rings. The molecule has 7 heteroatoms. The van der Waals surface area contributed by atoms with Gasteiger partial charge in [0.05, 0.1) is 7.11 Å². The van der Waals surface area contributed by atoms with Crippen LogP contribution in [-0.2, 0) is 11.3 Å². The number of carbonyl (C=O) groups is 1. The topological polar surface area (TPSA) is 69.0 Å². The van der Waals surface area contributed by atoms with Crippen LogP contribution in [-0.4, -0.2) is 33.5 Å². The predicted molar refractivity (Wildman–Crippen MR) is 117 cm³/mol. The Hall–Kier alpha value is -2.80. The molecule has 0 aliphatic carbocycles. The fraction of sp³-hybridized carbons (Fsp3) is 0.318. The lowest BCUT2D eigenvalue weighted by molar-refractivity contribution is -0.115. The first-order valence-corrected chi connectivity index (χ1v) is 10.7. The number of para-hydroxylation sites is 1. The molecule has 0 radical (unpaired) electrons. The summed E-state index contributed by atoms with van der Waals surface area (Å²) in [5, 5.41) is 12.5. The first-order chi connectivity index (χ1) is 14.2. The Morgan fingerprint density at radius 3 is 2.55 bits per heavy atom. The second kappa shape index (κ2) is 10.7. The third-order valence-corrected chi connectivity index (χ3v) is 5.39. The molecule has 6 nitrogen and oxygen atoms in total. The zero-order valence-electron chi connectivity index (χ0n) is 16.8. The van der Waals surface area contributed by atoms with E-state index in [4.69, 9.17) is 4.74 Å². The van der Waals surface area contributed by atoms with Crippen molar-refractivity contribution in [3.63, 3.8) is 0 Å². The number of methoxy groups -OCH3 is 1. The van der Waals surface area contributed by atoms with Crippen LogP contribution in [0.3, 0.4) is 0 Å². The molecule has 1 heterocycles. The summed E-state index contributed by atoms with van der Waals surface area (Å²) in [4.78, 5) is 12.2. The van der Waals surface area contributed by atoms with Crippen LogP contribution in [0.25, 0.3) is 11.4 Å². The fourth-order valence-corrected chi connectivity index (χ4v) is 3.75. The summed E-state index contributed by atoms with van der Waals surface area (Å²) >= 11 is 1.56. The van der Waals surface area contributed by atoms with Gasteiger partial charge in [-0.3, -0.25) is 4.79 Å². The number of unbranched alkanes of at least 4 members (excludes halogenated alkanes) is 1. The van der Waals surface area contributed by atoms with Crippen LogP contribution in [0.4, 0.5) is 5.69 Å². The molecule has 3 rings (SSSR count). The van der Waals surface area contributed by atoms with Crippen LogP contribution in [0, 0.1) is 0 Å². The number of benzene rings is 2. The second-order valence-electron chi connectivity index (χ2n) is 6.55. The van der Waals surface area contributed by atoms with Crippen LogP contribution >= 0.6 is 11.8 Å². The normalized spacial score (nSPS) is 10.7. The summed E-state index contributed by atoms with van der Waals surface area (Å²) in [6.45, 7) is 3.02. The van der Waals surface area contributed by atoms with Gasteiger partial charge in [-0.1, -0.05) is 43.3 Å². The molecule has 2 aromatic carbocycles. The van der Waals surface area contributed by atoms with E-state index < -0.39 is 0 Å². The molecular formula is C22H26N4O2S. The van der Waals surface area contributed by atoms with E-state index in [0.29, 0.717) is 12.2 Å². The number of ether oxygens (including phenoxy) is 1. The number of thioether (sulfide) groups is 1. The summed E-state index contributed by atoms with van der Waals surface area (Å²) in [6.07, 6.45) is 2.55. The van der Waals surface area contributed by atoms with Gasteiger partial charge in [0, 0.05) is 30.0 Å². The van der Waals surface area contributed by atoms with E-state index in [1.807, 2.05) is 54.6 Å². The van der Waals surface area contributed by atoms with E-state index in [1.54, 1.807) is 18.9 Å². The monoisotopic (exact) mass is 410 g/mol. The first kappa shape index (κ1) is 20.9. The fourth-order valence-electron chi connectivity index (χ4n) is 2.85. The van der Waals surface area contributed by atoms with E-state index in [2.05, 4.69) is 27.0 Å². The lowest BCUT2D eigenvalue weighted by atomic mass is 10.2. The van der Waals surface area contributed by atoms with E-state index in [9.17, 15) is 4.79 Å². The Labute approximate surface area is 175 Å². The molecule has 0 unspecified atom stereocenters. The molecule has 0 aliphatic heterocycles. The largest absolute Gasteiger partial charge is 0.497 e. The minimum atomic E-state index is -0.00120. The van der Waals surface area contributed by atoms with E-state index in [0.717, 1.165) is 47.4 Å². The molecule has 0 aliphatic rings. The van der Waals surface area contributed by atoms with Crippen molar-refractivity contribution in [3.05, 3.63) is 54.6 Å². The number of hydrogen-bond donors (Lipinski definition) is 1. The van der Waals surface area contributed by atoms with Gasteiger partial charge in [-0.05, 0) is 42.8 Å². The molecule has 29 heavy (non-hydrogen) atoms. The van der Waals surface area contributed by atoms with Gasteiger partial charge in [0.1, 0.15) is 5.75 Å². The van der Waals surface area contributed by atoms with Crippen LogP contribution in [0.5, 0.6) is 5.75 Å². The Morgan fingerprint density at radius 1 is 1.10 bits per heavy atom. The average molecular weight is 411 g/mol. The minimum absolute atomic E-state index is 0.00120. The van der Waals surface area contributed by atoms with Crippen molar-refractivity contribution in [2.75, 3.05) is 18.2 Å². The number of aromatic nitrogens is 3. The lowest BCUT2D eigenvalue weighted by Crippen LogP contribution is -2.12. The Bertz CT molecular complexity index is 910. The molecular weight excluding hydrogens is 384 g/mol. The third kappa shape index (κ3) is 5.84. The van der Waals surface area contributed by atoms with Crippen molar-refractivity contribution in [2.45, 2.75) is 37.9 Å². The molecule has 1 N–H and O–H groups in total. The van der Waals surface area contributed by atoms with E-state index in [1.165, 1.54) is 0 Å². The second-order valence-corrected chi connectivity index (χ2v) is 7.61. The highest BCUT2D eigenvalue weighted by atomic mass is 32.2. The van der Waals surface area contributed by atoms with Crippen LogP contribution in [0.15, 0.2) is 59.8 Å². The molecule has 1 amide bonds. The van der Waals surface area contributed by atoms with Crippen LogP contribution in [0.1, 0.15) is 26.2 Å². The summed E-state index contributed by atoms with van der Waals surface area (Å²) in [5.74, 6) is 2.30. The van der Waals surface area contributed by atoms with Crippen molar-refractivity contribution in [1.82, 2.24) is 14.8 Å². The van der Waals surface area contributed by atoms with Crippen molar-refractivity contribution in [1.29, 1.82) is 0 Å². The highest BCUT2D eigenvalue weighted by Crippen LogP contribution is 2.26. The van der Waals surface area contributed by atoms with Gasteiger partial charge in [0.15, 0.2) is 11.0 Å². The van der Waals surface area contributed by atoms with E-state index >= 15 is 0 Å². The van der Waals surface area contributed by atoms with E-state index in [-0.39, 0.29) is 5.91 Å². The number of anilines is 1. The van der Waals surface area contributed by atoms with Gasteiger partial charge >= 0.3 is 0 Å². The molecule has 0 saturated carbocycles. The number of carbonyl (C=O) groups excluding carboxylic acids is 1. The molecule has 1 aromatic heterocycles. The standard InChI is InChI=1S/C22H26N4O2S/c1-3-4-15-26-21(17-10-12-19(28-2)13-11-17)24-25-22(26)29-16-14-20(27)23-18-8-6-5-7-9-18/h5-13H,3-4,14-16H2,1-2H3,(H,23,27). The smallest absolute Gasteiger partial charge is 0.225 e. The first-order valence-electron chi connectivity index (χ1n) is 9.76. The van der Waals surface area contributed by atoms with Crippen molar-refractivity contribution >= 4 is 23.4 Å². The molecule has 0 saturated heterocycles. The van der Waals surface area contributed by atoms with Gasteiger partial charge in [-0.15, -0.1) is 10.2 Å². The van der Waals surface area contributed by atoms with Gasteiger partial charge < -0.3 is 14.6 Å². The SMILES string of the molecule is CCCCn1c(SCCC(=O)Nc2ccccc2)nnc1-c1ccc(OC)cc1. The maximum atomic E-state index is 12.2. The highest BCUT2D eigenvalue weighted by molar-refractivity contribution is 7.99. The zero-order valence-corrected chi connectivity index (χ0v) is 17.6.